The Hall–Kier alpha value is -0.840. The molecule has 1 saturated heterocycles. The van der Waals surface area contributed by atoms with E-state index in [0.29, 0.717) is 18.9 Å². The molecule has 0 spiro atoms. The van der Waals surface area contributed by atoms with Gasteiger partial charge in [0.1, 0.15) is 6.29 Å². The van der Waals surface area contributed by atoms with E-state index in [1.165, 1.54) is 4.90 Å². The number of thioether (sulfide) groups is 1. The number of unbranched alkanes of at least 4 members (excludes halogenated alkanes) is 1. The smallest absolute Gasteiger partial charge is 0.242 e. The highest BCUT2D eigenvalue weighted by Crippen LogP contribution is 2.31. The van der Waals surface area contributed by atoms with Crippen LogP contribution in [0.15, 0.2) is 0 Å². The van der Waals surface area contributed by atoms with Crippen LogP contribution in [0, 0.1) is 11.8 Å². The van der Waals surface area contributed by atoms with Gasteiger partial charge in [0.25, 0.3) is 0 Å². The molecule has 1 atom stereocenters. The van der Waals surface area contributed by atoms with Gasteiger partial charge in [-0.2, -0.15) is 0 Å². The maximum atomic E-state index is 12.3. The van der Waals surface area contributed by atoms with Gasteiger partial charge in [0, 0.05) is 18.9 Å². The van der Waals surface area contributed by atoms with Crippen molar-refractivity contribution in [2.24, 2.45) is 11.8 Å². The monoisotopic (exact) mass is 311 g/mol. The molecule has 0 aromatic rings. The minimum Gasteiger partial charge on any atom is -0.303 e. The molecule has 4 nitrogen and oxygen atoms in total. The van der Waals surface area contributed by atoms with Crippen molar-refractivity contribution >= 4 is 29.9 Å². The molecule has 1 unspecified atom stereocenters. The first kappa shape index (κ1) is 16.5. The van der Waals surface area contributed by atoms with Gasteiger partial charge in [-0.3, -0.25) is 14.5 Å². The van der Waals surface area contributed by atoms with Crippen molar-refractivity contribution in [2.75, 3.05) is 12.3 Å². The van der Waals surface area contributed by atoms with Crippen LogP contribution in [0.4, 0.5) is 0 Å². The van der Waals surface area contributed by atoms with Crippen LogP contribution in [-0.4, -0.2) is 40.5 Å². The summed E-state index contributed by atoms with van der Waals surface area (Å²) in [5, 5.41) is -0.157. The molecule has 1 saturated carbocycles. The van der Waals surface area contributed by atoms with E-state index >= 15 is 0 Å². The van der Waals surface area contributed by atoms with Crippen LogP contribution in [0.25, 0.3) is 0 Å². The third-order valence-corrected chi connectivity index (χ3v) is 5.84. The van der Waals surface area contributed by atoms with Crippen LogP contribution in [0.2, 0.25) is 0 Å². The topological polar surface area (TPSA) is 54.5 Å². The van der Waals surface area contributed by atoms with Gasteiger partial charge in [-0.05, 0) is 43.8 Å². The summed E-state index contributed by atoms with van der Waals surface area (Å²) < 4.78 is 0. The fraction of sp³-hybridized carbons (Fsp3) is 0.812. The number of rotatable bonds is 7. The first-order valence-corrected chi connectivity index (χ1v) is 9.11. The molecule has 0 bridgehead atoms. The minimum atomic E-state index is -0.157. The van der Waals surface area contributed by atoms with E-state index in [1.807, 2.05) is 0 Å². The number of likely N-dealkylation sites (tertiary alicyclic amines) is 1. The van der Waals surface area contributed by atoms with Crippen molar-refractivity contribution in [1.82, 2.24) is 4.90 Å². The maximum absolute atomic E-state index is 12.3. The van der Waals surface area contributed by atoms with Gasteiger partial charge in [0.15, 0.2) is 0 Å². The zero-order valence-electron chi connectivity index (χ0n) is 12.8. The summed E-state index contributed by atoms with van der Waals surface area (Å²) in [7, 11) is 0. The van der Waals surface area contributed by atoms with Crippen molar-refractivity contribution in [3.63, 3.8) is 0 Å². The van der Waals surface area contributed by atoms with E-state index in [2.05, 4.69) is 6.92 Å². The number of carbonyl (C=O) groups excluding carboxylic acids is 3. The molecule has 0 aromatic carbocycles. The lowest BCUT2D eigenvalue weighted by atomic mass is 9.82. The van der Waals surface area contributed by atoms with Crippen molar-refractivity contribution < 1.29 is 14.4 Å². The molecular weight excluding hydrogens is 286 g/mol. The Balaban J connectivity index is 1.81. The van der Waals surface area contributed by atoms with E-state index in [9.17, 15) is 14.4 Å². The van der Waals surface area contributed by atoms with Crippen molar-refractivity contribution in [2.45, 2.75) is 57.1 Å². The largest absolute Gasteiger partial charge is 0.303 e. The zero-order chi connectivity index (χ0) is 15.2. The Morgan fingerprint density at radius 1 is 1.24 bits per heavy atom. The Labute approximate surface area is 131 Å². The molecule has 5 heteroatoms. The molecule has 1 heterocycles. The molecule has 0 radical (unpaired) electrons. The molecule has 1 aliphatic heterocycles. The van der Waals surface area contributed by atoms with Crippen LogP contribution in [0.1, 0.15) is 51.9 Å². The van der Waals surface area contributed by atoms with Gasteiger partial charge in [0.05, 0.1) is 5.25 Å². The lowest BCUT2D eigenvalue weighted by Gasteiger charge is -2.28. The maximum Gasteiger partial charge on any atom is 0.242 e. The fourth-order valence-corrected chi connectivity index (χ4v) is 4.38. The van der Waals surface area contributed by atoms with Crippen LogP contribution in [0.5, 0.6) is 0 Å². The Morgan fingerprint density at radius 3 is 2.57 bits per heavy atom. The molecule has 0 aromatic heterocycles. The Morgan fingerprint density at radius 2 is 1.95 bits per heavy atom. The van der Waals surface area contributed by atoms with Gasteiger partial charge in [-0.25, -0.2) is 0 Å². The molecular formula is C16H25NO3S. The summed E-state index contributed by atoms with van der Waals surface area (Å²) in [5.41, 5.74) is 0. The van der Waals surface area contributed by atoms with Crippen molar-refractivity contribution in [1.29, 1.82) is 0 Å². The van der Waals surface area contributed by atoms with E-state index in [4.69, 9.17) is 0 Å². The number of carbonyl (C=O) groups is 3. The summed E-state index contributed by atoms with van der Waals surface area (Å²) in [4.78, 5) is 36.6. The summed E-state index contributed by atoms with van der Waals surface area (Å²) >= 11 is 1.63. The lowest BCUT2D eigenvalue weighted by Crippen LogP contribution is -2.37. The Bertz CT molecular complexity index is 391. The van der Waals surface area contributed by atoms with Gasteiger partial charge in [-0.15, -0.1) is 11.8 Å². The zero-order valence-corrected chi connectivity index (χ0v) is 13.6. The third kappa shape index (κ3) is 4.31. The predicted octanol–water partition coefficient (Wildman–Crippen LogP) is 2.65. The summed E-state index contributed by atoms with van der Waals surface area (Å²) in [5.74, 6) is 1.53. The highest BCUT2D eigenvalue weighted by molar-refractivity contribution is 8.00. The molecule has 2 fully saturated rings. The van der Waals surface area contributed by atoms with Crippen molar-refractivity contribution in [3.8, 4) is 0 Å². The molecule has 0 N–H and O–H groups in total. The second-order valence-corrected chi connectivity index (χ2v) is 7.49. The Kier molecular flexibility index (Phi) is 6.27. The van der Waals surface area contributed by atoms with Crippen LogP contribution >= 0.6 is 11.8 Å². The van der Waals surface area contributed by atoms with Crippen LogP contribution < -0.4 is 0 Å². The highest BCUT2D eigenvalue weighted by atomic mass is 32.2. The summed E-state index contributed by atoms with van der Waals surface area (Å²) in [6.45, 7) is 2.69. The first-order valence-electron chi connectivity index (χ1n) is 8.06. The summed E-state index contributed by atoms with van der Waals surface area (Å²) in [6.07, 6.45) is 7.34. The van der Waals surface area contributed by atoms with E-state index in [0.717, 1.165) is 50.6 Å². The second kappa shape index (κ2) is 7.97. The van der Waals surface area contributed by atoms with Crippen molar-refractivity contribution in [3.05, 3.63) is 0 Å². The van der Waals surface area contributed by atoms with E-state index in [1.54, 1.807) is 11.8 Å². The van der Waals surface area contributed by atoms with Crippen LogP contribution in [0.3, 0.4) is 0 Å². The average molecular weight is 311 g/mol. The number of hydrogen-bond donors (Lipinski definition) is 0. The molecule has 1 aliphatic carbocycles. The summed E-state index contributed by atoms with van der Waals surface area (Å²) in [6, 6.07) is 0. The molecule has 2 rings (SSSR count). The number of hydrogen-bond acceptors (Lipinski definition) is 4. The first-order chi connectivity index (χ1) is 10.2. The molecule has 21 heavy (non-hydrogen) atoms. The predicted molar refractivity (Wildman–Crippen MR) is 84.0 cm³/mol. The van der Waals surface area contributed by atoms with Gasteiger partial charge >= 0.3 is 0 Å². The average Bonchev–Trinajstić information content (AvgIpc) is 2.76. The fourth-order valence-electron chi connectivity index (χ4n) is 3.11. The molecule has 2 aliphatic rings. The second-order valence-electron chi connectivity index (χ2n) is 6.18. The van der Waals surface area contributed by atoms with Gasteiger partial charge in [0.2, 0.25) is 11.8 Å². The van der Waals surface area contributed by atoms with Gasteiger partial charge in [-0.1, -0.05) is 13.3 Å². The molecule has 2 amide bonds. The third-order valence-electron chi connectivity index (χ3n) is 4.54. The standard InChI is InChI=1S/C16H25NO3S/c1-2-3-8-21-14-9-15(19)17(16(14)20)10-12-4-6-13(11-18)7-5-12/h11-14H,2-10H2,1H3. The van der Waals surface area contributed by atoms with E-state index in [-0.39, 0.29) is 23.0 Å². The van der Waals surface area contributed by atoms with Gasteiger partial charge < -0.3 is 4.79 Å². The minimum absolute atomic E-state index is 0.00786. The number of amides is 2. The van der Waals surface area contributed by atoms with E-state index < -0.39 is 0 Å². The quantitative estimate of drug-likeness (QED) is 0.412. The highest BCUT2D eigenvalue weighted by Gasteiger charge is 2.39. The normalized spacial score (nSPS) is 30.0. The number of aldehydes is 1. The number of imide groups is 1. The number of nitrogens with zero attached hydrogens (tertiary/aromatic N) is 1. The molecule has 118 valence electrons. The lowest BCUT2D eigenvalue weighted by molar-refractivity contribution is -0.139. The SMILES string of the molecule is CCCCSC1CC(=O)N(CC2CCC(C=O)CC2)C1=O. The van der Waals surface area contributed by atoms with Crippen LogP contribution in [-0.2, 0) is 14.4 Å².